The summed E-state index contributed by atoms with van der Waals surface area (Å²) in [6.45, 7) is 18.4. The third kappa shape index (κ3) is 5.18. The van der Waals surface area contributed by atoms with Gasteiger partial charge in [0, 0.05) is 27.4 Å². The van der Waals surface area contributed by atoms with Crippen LogP contribution in [0.3, 0.4) is 0 Å². The van der Waals surface area contributed by atoms with Crippen molar-refractivity contribution in [1.29, 1.82) is 0 Å². The number of aromatic amines is 2. The van der Waals surface area contributed by atoms with E-state index in [1.54, 1.807) is 7.11 Å². The quantitative estimate of drug-likeness (QED) is 0.157. The summed E-state index contributed by atoms with van der Waals surface area (Å²) in [5.74, 6) is 0.845. The summed E-state index contributed by atoms with van der Waals surface area (Å²) >= 11 is 0. The maximum atomic E-state index is 5.74. The molecule has 54 heavy (non-hydrogen) atoms. The average Bonchev–Trinajstić information content (AvgIpc) is 3.92. The first-order chi connectivity index (χ1) is 26.3. The summed E-state index contributed by atoms with van der Waals surface area (Å²) in [4.78, 5) is 19.5. The number of benzene rings is 3. The van der Waals surface area contributed by atoms with E-state index in [1.807, 2.05) is 0 Å². The van der Waals surface area contributed by atoms with Crippen LogP contribution in [0.15, 0.2) is 66.7 Å². The number of rotatable bonds is 9. The van der Waals surface area contributed by atoms with Crippen LogP contribution in [0.25, 0.3) is 66.0 Å². The van der Waals surface area contributed by atoms with Crippen LogP contribution in [-0.4, -0.2) is 27.0 Å². The van der Waals surface area contributed by atoms with Crippen molar-refractivity contribution in [3.05, 3.63) is 112 Å². The third-order valence-corrected chi connectivity index (χ3v) is 12.8. The van der Waals surface area contributed by atoms with Crippen LogP contribution in [0.5, 0.6) is 5.75 Å². The Morgan fingerprint density at radius 1 is 0.667 bits per heavy atom. The number of aromatic nitrogens is 4. The highest BCUT2D eigenvalue weighted by Gasteiger charge is 2.39. The molecule has 0 spiro atoms. The lowest BCUT2D eigenvalue weighted by Gasteiger charge is -2.28. The van der Waals surface area contributed by atoms with Crippen LogP contribution in [0, 0.1) is 6.92 Å². The Morgan fingerprint density at radius 2 is 1.35 bits per heavy atom. The molecule has 0 amide bonds. The van der Waals surface area contributed by atoms with E-state index in [1.165, 1.54) is 60.6 Å². The van der Waals surface area contributed by atoms with E-state index < -0.39 is 0 Å². The van der Waals surface area contributed by atoms with Crippen LogP contribution in [0.4, 0.5) is 0 Å². The molecule has 2 aliphatic heterocycles. The molecule has 5 nitrogen and oxygen atoms in total. The fourth-order valence-electron chi connectivity index (χ4n) is 9.87. The molecule has 0 aliphatic carbocycles. The first-order valence-corrected chi connectivity index (χ1v) is 20.3. The number of fused-ring (bicyclic) bond motifs is 10. The Hall–Kier alpha value is -5.16. The molecule has 8 rings (SSSR count). The lowest BCUT2D eigenvalue weighted by molar-refractivity contribution is 0.415. The predicted octanol–water partition coefficient (Wildman–Crippen LogP) is 13.1. The molecule has 0 radical (unpaired) electrons. The van der Waals surface area contributed by atoms with Crippen molar-refractivity contribution in [3.63, 3.8) is 0 Å². The molecule has 6 aromatic rings. The van der Waals surface area contributed by atoms with Crippen molar-refractivity contribution in [2.75, 3.05) is 7.11 Å². The number of H-pyrrole nitrogens is 2. The van der Waals surface area contributed by atoms with Crippen LogP contribution in [-0.2, 0) is 24.7 Å². The van der Waals surface area contributed by atoms with E-state index in [2.05, 4.69) is 132 Å². The van der Waals surface area contributed by atoms with Gasteiger partial charge >= 0.3 is 0 Å². The number of nitrogens with zero attached hydrogens (tertiary/aromatic N) is 2. The molecule has 3 aromatic heterocycles. The molecule has 2 N–H and O–H groups in total. The number of nitrogens with one attached hydrogen (secondary N) is 2. The molecule has 0 unspecified atom stereocenters. The van der Waals surface area contributed by atoms with E-state index in [4.69, 9.17) is 14.7 Å². The Kier molecular flexibility index (Phi) is 9.24. The summed E-state index contributed by atoms with van der Waals surface area (Å²) in [6, 6.07) is 24.6. The monoisotopic (exact) mass is 714 g/mol. The van der Waals surface area contributed by atoms with Crippen LogP contribution in [0.2, 0.25) is 0 Å². The van der Waals surface area contributed by atoms with E-state index in [0.29, 0.717) is 0 Å². The van der Waals surface area contributed by atoms with Gasteiger partial charge in [0.05, 0.1) is 40.7 Å². The summed E-state index contributed by atoms with van der Waals surface area (Å²) in [5, 5.41) is 3.74. The van der Waals surface area contributed by atoms with Gasteiger partial charge in [-0.15, -0.1) is 0 Å². The van der Waals surface area contributed by atoms with Crippen LogP contribution >= 0.6 is 0 Å². The highest BCUT2D eigenvalue weighted by molar-refractivity contribution is 6.16. The number of allylic oxidation sites excluding steroid dienone is 2. The van der Waals surface area contributed by atoms with E-state index in [9.17, 15) is 0 Å². The molecule has 5 heteroatoms. The van der Waals surface area contributed by atoms with Gasteiger partial charge in [-0.2, -0.15) is 0 Å². The summed E-state index contributed by atoms with van der Waals surface area (Å²) in [5.41, 5.74) is 20.4. The third-order valence-electron chi connectivity index (χ3n) is 12.8. The molecule has 276 valence electrons. The molecule has 2 aliphatic rings. The maximum Gasteiger partial charge on any atom is 0.118 e. The molecule has 3 aromatic carbocycles. The molecular formula is C49H54N4O. The topological polar surface area (TPSA) is 66.6 Å². The van der Waals surface area contributed by atoms with Crippen molar-refractivity contribution in [2.45, 2.75) is 106 Å². The van der Waals surface area contributed by atoms with Crippen molar-refractivity contribution >= 4 is 54.9 Å². The fraction of sp³-hybridized carbons (Fsp3) is 0.347. The first-order valence-electron chi connectivity index (χ1n) is 20.3. The second kappa shape index (κ2) is 13.9. The smallest absolute Gasteiger partial charge is 0.118 e. The molecule has 5 heterocycles. The van der Waals surface area contributed by atoms with Gasteiger partial charge in [0.15, 0.2) is 0 Å². The van der Waals surface area contributed by atoms with Gasteiger partial charge in [0.1, 0.15) is 5.75 Å². The zero-order valence-electron chi connectivity index (χ0n) is 33.6. The van der Waals surface area contributed by atoms with Crippen molar-refractivity contribution in [3.8, 4) is 16.9 Å². The summed E-state index contributed by atoms with van der Waals surface area (Å²) in [7, 11) is 1.73. The lowest BCUT2D eigenvalue weighted by Crippen LogP contribution is -2.23. The Labute approximate surface area is 320 Å². The predicted molar refractivity (Wildman–Crippen MR) is 230 cm³/mol. The summed E-state index contributed by atoms with van der Waals surface area (Å²) < 4.78 is 5.62. The molecule has 0 fully saturated rings. The standard InChI is InChI=1S/C49H54N4O/c1-10-32-28(8)39-27-42-49(15-6,16-7)38-25-30-19-17-18-20-37(30)44(48(38)53-42)47-36(14-5)34(12-3)41(52-47)26-40-33(11-2)35(13-4)46(51-40)43(45(32)50-39)29-21-23-31(54-9)24-22-29/h17-27,50,52H,10-16H2,1-9H3. The maximum absolute atomic E-state index is 5.74. The largest absolute Gasteiger partial charge is 0.497 e. The SMILES string of the molecule is CCC1=C(CC)c2nc1cc1[nH]c(c(CC)c1CC)c1c3nc(cc4[nH]c(c(CC)c4C)c2-c2ccc(OC)cc2)C(CC)(CC)c3cc2ccccc21. The minimum atomic E-state index is -0.219. The zero-order valence-corrected chi connectivity index (χ0v) is 33.6. The minimum absolute atomic E-state index is 0.219. The minimum Gasteiger partial charge on any atom is -0.497 e. The van der Waals surface area contributed by atoms with Gasteiger partial charge in [-0.25, -0.2) is 4.98 Å². The Bertz CT molecular complexity index is 2650. The highest BCUT2D eigenvalue weighted by atomic mass is 16.5. The van der Waals surface area contributed by atoms with E-state index >= 15 is 0 Å². The molecule has 0 saturated heterocycles. The van der Waals surface area contributed by atoms with Crippen LogP contribution in [0.1, 0.15) is 119 Å². The second-order valence-corrected chi connectivity index (χ2v) is 15.0. The fourth-order valence-corrected chi connectivity index (χ4v) is 9.87. The zero-order chi connectivity index (χ0) is 37.9. The van der Waals surface area contributed by atoms with Crippen LogP contribution < -0.4 is 4.74 Å². The van der Waals surface area contributed by atoms with Crippen molar-refractivity contribution < 1.29 is 4.74 Å². The number of hydrogen-bond donors (Lipinski definition) is 2. The molecular weight excluding hydrogens is 661 g/mol. The van der Waals surface area contributed by atoms with Crippen molar-refractivity contribution in [1.82, 2.24) is 19.9 Å². The first kappa shape index (κ1) is 35.8. The lowest BCUT2D eigenvalue weighted by atomic mass is 9.73. The van der Waals surface area contributed by atoms with E-state index in [0.717, 1.165) is 101 Å². The van der Waals surface area contributed by atoms with Gasteiger partial charge in [-0.05, 0) is 138 Å². The molecule has 0 saturated carbocycles. The van der Waals surface area contributed by atoms with Gasteiger partial charge < -0.3 is 14.7 Å². The van der Waals surface area contributed by atoms with Gasteiger partial charge in [0.25, 0.3) is 0 Å². The number of ether oxygens (including phenoxy) is 1. The van der Waals surface area contributed by atoms with Gasteiger partial charge in [-0.3, -0.25) is 4.98 Å². The van der Waals surface area contributed by atoms with Crippen molar-refractivity contribution in [2.24, 2.45) is 0 Å². The van der Waals surface area contributed by atoms with Gasteiger partial charge in [0.2, 0.25) is 0 Å². The number of hydrogen-bond acceptors (Lipinski definition) is 3. The Morgan fingerprint density at radius 3 is 2.00 bits per heavy atom. The average molecular weight is 715 g/mol. The normalized spacial score (nSPS) is 13.9. The highest BCUT2D eigenvalue weighted by Crippen LogP contribution is 2.49. The number of methoxy groups -OCH3 is 1. The van der Waals surface area contributed by atoms with E-state index in [-0.39, 0.29) is 5.41 Å². The summed E-state index contributed by atoms with van der Waals surface area (Å²) in [6.07, 6.45) is 6.47. The molecule has 0 atom stereocenters. The van der Waals surface area contributed by atoms with Gasteiger partial charge in [-0.1, -0.05) is 84.9 Å². The second-order valence-electron chi connectivity index (χ2n) is 15.0. The Balaban J connectivity index is 1.69. The molecule has 8 bridgehead atoms. The number of aryl methyl sites for hydroxylation is 4.